The molecule has 0 fully saturated rings. The molecule has 2 rings (SSSR count). The molecule has 0 amide bonds. The van der Waals surface area contributed by atoms with Crippen LogP contribution >= 0.6 is 12.4 Å². The molecule has 0 atom stereocenters. The summed E-state index contributed by atoms with van der Waals surface area (Å²) >= 11 is -2.62. The van der Waals surface area contributed by atoms with Crippen LogP contribution in [0, 0.1) is 0 Å². The second kappa shape index (κ2) is 4.31. The summed E-state index contributed by atoms with van der Waals surface area (Å²) in [5.74, 6) is 0. The molecule has 0 aromatic rings. The molecule has 2 aliphatic rings. The summed E-state index contributed by atoms with van der Waals surface area (Å²) in [6.07, 6.45) is 16.2. The van der Waals surface area contributed by atoms with E-state index < -0.39 is 17.4 Å². The van der Waals surface area contributed by atoms with E-state index in [4.69, 9.17) is 0 Å². The molecule has 0 saturated heterocycles. The van der Waals surface area contributed by atoms with Crippen LogP contribution in [-0.4, -0.2) is 6.88 Å². The Morgan fingerprint density at radius 2 is 1.40 bits per heavy atom. The monoisotopic (exact) mass is 316 g/mol. The van der Waals surface area contributed by atoms with Gasteiger partial charge in [0, 0.05) is 0 Å². The summed E-state index contributed by atoms with van der Waals surface area (Å²) < 4.78 is 8.63. The number of hydrogen-bond acceptors (Lipinski definition) is 0. The number of rotatable bonds is 2. The third-order valence-corrected chi connectivity index (χ3v) is 20.9. The average Bonchev–Trinajstić information content (AvgIpc) is 2.78. The third kappa shape index (κ3) is 2.38. The second-order valence-electron chi connectivity index (χ2n) is 5.33. The van der Waals surface area contributed by atoms with Gasteiger partial charge in [0.05, 0.1) is 0 Å². The van der Waals surface area contributed by atoms with Crippen molar-refractivity contribution in [2.75, 3.05) is 0 Å². The predicted octanol–water partition coefficient (Wildman–Crippen LogP) is 3.43. The zero-order valence-corrected chi connectivity index (χ0v) is 14.2. The van der Waals surface area contributed by atoms with Gasteiger partial charge in [-0.1, -0.05) is 0 Å². The molecular formula is C12H19ClSiZr. The average molecular weight is 318 g/mol. The molecule has 0 heterocycles. The zero-order valence-electron chi connectivity index (χ0n) is 9.49. The van der Waals surface area contributed by atoms with E-state index in [2.05, 4.69) is 52.6 Å². The first-order valence-electron chi connectivity index (χ1n) is 5.29. The van der Waals surface area contributed by atoms with Crippen LogP contribution in [0.15, 0.2) is 43.0 Å². The summed E-state index contributed by atoms with van der Waals surface area (Å²) in [7, 11) is 0. The van der Waals surface area contributed by atoms with Gasteiger partial charge >= 0.3 is 89.4 Å². The molecule has 3 heteroatoms. The molecule has 0 saturated carbocycles. The molecule has 0 aromatic heterocycles. The topological polar surface area (TPSA) is 0 Å². The summed E-state index contributed by atoms with van der Waals surface area (Å²) in [6.45, 7) is 2.32. The summed E-state index contributed by atoms with van der Waals surface area (Å²) in [4.78, 5) is 0. The van der Waals surface area contributed by atoms with Crippen LogP contribution in [0.3, 0.4) is 0 Å². The van der Waals surface area contributed by atoms with E-state index >= 15 is 0 Å². The van der Waals surface area contributed by atoms with E-state index in [0.29, 0.717) is 0 Å². The molecule has 15 heavy (non-hydrogen) atoms. The van der Waals surface area contributed by atoms with Crippen molar-refractivity contribution in [3.05, 3.63) is 43.0 Å². The van der Waals surface area contributed by atoms with Crippen molar-refractivity contribution < 1.29 is 17.4 Å². The Balaban J connectivity index is 0.00000112. The molecule has 0 N–H and O–H groups in total. The standard InChI is InChI=1S/2C5H5.2CH3.ClH.H2Si.Zr/c2*1-2-4-5-3-1;;;;;/h2*1-3H,4H2;2*1H3;1H;1H2;. The van der Waals surface area contributed by atoms with E-state index in [0.717, 1.165) is 0 Å². The normalized spacial score (nSPS) is 19.9. The van der Waals surface area contributed by atoms with E-state index in [-0.39, 0.29) is 12.4 Å². The van der Waals surface area contributed by atoms with E-state index in [1.165, 1.54) is 12.8 Å². The van der Waals surface area contributed by atoms with Crippen LogP contribution in [0.4, 0.5) is 0 Å². The van der Waals surface area contributed by atoms with Crippen molar-refractivity contribution in [3.63, 3.8) is 0 Å². The third-order valence-electron chi connectivity index (χ3n) is 3.60. The van der Waals surface area contributed by atoms with Gasteiger partial charge in [0.25, 0.3) is 0 Å². The number of hydrogen-bond donors (Lipinski definition) is 0. The van der Waals surface area contributed by atoms with Crippen LogP contribution in [0.25, 0.3) is 0 Å². The fourth-order valence-electron chi connectivity index (χ4n) is 2.29. The van der Waals surface area contributed by atoms with Crippen molar-refractivity contribution in [3.8, 4) is 0 Å². The van der Waals surface area contributed by atoms with E-state index in [9.17, 15) is 0 Å². The molecular weight excluding hydrogens is 299 g/mol. The van der Waals surface area contributed by atoms with Crippen LogP contribution in [0.1, 0.15) is 12.8 Å². The Morgan fingerprint density at radius 1 is 1.00 bits per heavy atom. The maximum absolute atomic E-state index is 2.62. The molecule has 82 valence electrons. The number of allylic oxidation sites excluding steroid dienone is 8. The van der Waals surface area contributed by atoms with Crippen LogP contribution in [0.2, 0.25) is 9.26 Å². The van der Waals surface area contributed by atoms with Gasteiger partial charge < -0.3 is 0 Å². The second-order valence-corrected chi connectivity index (χ2v) is 34.2. The molecule has 0 aromatic carbocycles. The van der Waals surface area contributed by atoms with Gasteiger partial charge in [-0.05, 0) is 0 Å². The van der Waals surface area contributed by atoms with E-state index in [1.54, 1.807) is 6.56 Å². The molecule has 0 nitrogen and oxygen atoms in total. The Kier molecular flexibility index (Phi) is 3.86. The van der Waals surface area contributed by atoms with E-state index in [1.807, 2.05) is 0 Å². The van der Waals surface area contributed by atoms with Crippen molar-refractivity contribution in [1.29, 1.82) is 0 Å². The van der Waals surface area contributed by atoms with Crippen LogP contribution in [0.5, 0.6) is 0 Å². The predicted molar refractivity (Wildman–Crippen MR) is 71.2 cm³/mol. The Bertz CT molecular complexity index is 410. The van der Waals surface area contributed by atoms with Gasteiger partial charge in [-0.3, -0.25) is 0 Å². The molecule has 0 spiro atoms. The Labute approximate surface area is 101 Å². The first-order chi connectivity index (χ1) is 6.49. The minimum absolute atomic E-state index is 0. The first-order valence-corrected chi connectivity index (χ1v) is 18.6. The molecule has 0 radical (unpaired) electrons. The van der Waals surface area contributed by atoms with Gasteiger partial charge in [0.15, 0.2) is 0 Å². The maximum atomic E-state index is 2.57. The zero-order chi connectivity index (χ0) is 10.3. The van der Waals surface area contributed by atoms with Crippen molar-refractivity contribution in [1.82, 2.24) is 0 Å². The fourth-order valence-corrected chi connectivity index (χ4v) is 13.3. The minimum atomic E-state index is -2.62. The SMILES string of the molecule is Cl.[CH3][Zr]([CH3])(=[SiH2])([C]1=CC=CC1)[C]1=CC=CC1. The van der Waals surface area contributed by atoms with Gasteiger partial charge in [-0.15, -0.1) is 12.4 Å². The molecule has 2 aliphatic carbocycles. The fraction of sp³-hybridized carbons (Fsp3) is 0.333. The quantitative estimate of drug-likeness (QED) is 0.685. The number of halogens is 1. The Hall–Kier alpha value is 0.350. The van der Waals surface area contributed by atoms with Gasteiger partial charge in [-0.25, -0.2) is 0 Å². The molecule has 0 unspecified atom stereocenters. The Morgan fingerprint density at radius 3 is 1.67 bits per heavy atom. The van der Waals surface area contributed by atoms with Gasteiger partial charge in [0.1, 0.15) is 0 Å². The summed E-state index contributed by atoms with van der Waals surface area (Å²) in [6, 6.07) is 0. The molecule has 0 bridgehead atoms. The van der Waals surface area contributed by atoms with Gasteiger partial charge in [-0.2, -0.15) is 0 Å². The molecule has 0 aliphatic heterocycles. The van der Waals surface area contributed by atoms with Crippen LogP contribution in [-0.2, 0) is 17.4 Å². The van der Waals surface area contributed by atoms with Crippen LogP contribution < -0.4 is 0 Å². The summed E-state index contributed by atoms with van der Waals surface area (Å²) in [5, 5.41) is 0. The van der Waals surface area contributed by atoms with Crippen molar-refractivity contribution >= 4 is 19.3 Å². The van der Waals surface area contributed by atoms with Crippen molar-refractivity contribution in [2.45, 2.75) is 22.1 Å². The van der Waals surface area contributed by atoms with Gasteiger partial charge in [0.2, 0.25) is 0 Å². The summed E-state index contributed by atoms with van der Waals surface area (Å²) in [5.41, 5.74) is 0. The van der Waals surface area contributed by atoms with Crippen molar-refractivity contribution in [2.24, 2.45) is 0 Å². The first kappa shape index (κ1) is 13.4.